The smallest absolute Gasteiger partial charge is 0.254 e. The third kappa shape index (κ3) is 2.53. The molecule has 0 aliphatic carbocycles. The Morgan fingerprint density at radius 3 is 2.83 bits per heavy atom. The lowest BCUT2D eigenvalue weighted by molar-refractivity contribution is 0.0618. The molecule has 1 heterocycles. The van der Waals surface area contributed by atoms with E-state index in [0.29, 0.717) is 17.7 Å². The molecule has 3 nitrogen and oxygen atoms in total. The summed E-state index contributed by atoms with van der Waals surface area (Å²) in [7, 11) is 0. The number of nitrogens with zero attached hydrogens (tertiary/aromatic N) is 1. The van der Waals surface area contributed by atoms with E-state index in [1.54, 1.807) is 24.0 Å². The number of hydrogen-bond donors (Lipinski definition) is 1. The molecule has 0 aromatic heterocycles. The number of piperidine rings is 1. The Bertz CT molecular complexity index is 461. The van der Waals surface area contributed by atoms with Gasteiger partial charge in [-0.2, -0.15) is 0 Å². The van der Waals surface area contributed by atoms with Crippen molar-refractivity contribution < 1.29 is 9.18 Å². The van der Waals surface area contributed by atoms with Crippen LogP contribution in [0.4, 0.5) is 4.39 Å². The van der Waals surface area contributed by atoms with Gasteiger partial charge >= 0.3 is 0 Å². The topological polar surface area (TPSA) is 46.3 Å². The minimum Gasteiger partial charge on any atom is -0.336 e. The molecule has 1 aromatic carbocycles. The van der Waals surface area contributed by atoms with E-state index < -0.39 is 0 Å². The molecule has 98 valence electrons. The maximum absolute atomic E-state index is 13.5. The molecule has 18 heavy (non-hydrogen) atoms. The van der Waals surface area contributed by atoms with Crippen LogP contribution in [-0.2, 0) is 0 Å². The van der Waals surface area contributed by atoms with E-state index in [1.165, 1.54) is 6.07 Å². The minimum atomic E-state index is -0.331. The molecule has 2 N–H and O–H groups in total. The SMILES string of the molecule is Cc1ccc(C(=O)N2CCC(N)CC2C)cc1F. The zero-order chi connectivity index (χ0) is 13.3. The Hall–Kier alpha value is -1.42. The summed E-state index contributed by atoms with van der Waals surface area (Å²) in [4.78, 5) is 14.1. The minimum absolute atomic E-state index is 0.103. The highest BCUT2D eigenvalue weighted by Crippen LogP contribution is 2.19. The van der Waals surface area contributed by atoms with Gasteiger partial charge in [-0.15, -0.1) is 0 Å². The van der Waals surface area contributed by atoms with E-state index in [0.717, 1.165) is 12.8 Å². The number of rotatable bonds is 1. The summed E-state index contributed by atoms with van der Waals surface area (Å²) in [5.41, 5.74) is 6.85. The molecule has 1 aliphatic heterocycles. The number of halogens is 1. The van der Waals surface area contributed by atoms with Crippen molar-refractivity contribution in [2.75, 3.05) is 6.54 Å². The first-order valence-electron chi connectivity index (χ1n) is 6.31. The molecule has 2 atom stereocenters. The lowest BCUT2D eigenvalue weighted by Gasteiger charge is -2.36. The normalized spacial score (nSPS) is 24.1. The average molecular weight is 250 g/mol. The molecule has 1 aliphatic rings. The Morgan fingerprint density at radius 2 is 2.22 bits per heavy atom. The van der Waals surface area contributed by atoms with Crippen LogP contribution in [0.1, 0.15) is 35.7 Å². The molecule has 1 fully saturated rings. The van der Waals surface area contributed by atoms with Crippen LogP contribution >= 0.6 is 0 Å². The van der Waals surface area contributed by atoms with Crippen molar-refractivity contribution in [3.8, 4) is 0 Å². The van der Waals surface area contributed by atoms with E-state index in [1.807, 2.05) is 6.92 Å². The second-order valence-corrected chi connectivity index (χ2v) is 5.10. The van der Waals surface area contributed by atoms with Crippen LogP contribution in [0.5, 0.6) is 0 Å². The maximum atomic E-state index is 13.5. The van der Waals surface area contributed by atoms with Crippen molar-refractivity contribution in [1.82, 2.24) is 4.90 Å². The van der Waals surface area contributed by atoms with Gasteiger partial charge in [-0.3, -0.25) is 4.79 Å². The summed E-state index contributed by atoms with van der Waals surface area (Å²) in [6, 6.07) is 4.92. The van der Waals surface area contributed by atoms with Crippen LogP contribution in [0, 0.1) is 12.7 Å². The fourth-order valence-electron chi connectivity index (χ4n) is 2.40. The molecule has 2 rings (SSSR count). The maximum Gasteiger partial charge on any atom is 0.254 e. The fourth-order valence-corrected chi connectivity index (χ4v) is 2.40. The zero-order valence-electron chi connectivity index (χ0n) is 10.8. The Morgan fingerprint density at radius 1 is 1.50 bits per heavy atom. The first kappa shape index (κ1) is 13.0. The van der Waals surface area contributed by atoms with E-state index in [9.17, 15) is 9.18 Å². The molecule has 1 aromatic rings. The Balaban J connectivity index is 2.18. The van der Waals surface area contributed by atoms with E-state index in [-0.39, 0.29) is 23.8 Å². The lowest BCUT2D eigenvalue weighted by Crippen LogP contribution is -2.48. The summed E-state index contributed by atoms with van der Waals surface area (Å²) in [6.07, 6.45) is 1.62. The Labute approximate surface area is 107 Å². The predicted molar refractivity (Wildman–Crippen MR) is 68.8 cm³/mol. The molecule has 1 saturated heterocycles. The van der Waals surface area contributed by atoms with Crippen molar-refractivity contribution in [2.45, 2.75) is 38.8 Å². The van der Waals surface area contributed by atoms with Gasteiger partial charge in [0.05, 0.1) is 0 Å². The molecule has 0 spiro atoms. The van der Waals surface area contributed by atoms with Gasteiger partial charge < -0.3 is 10.6 Å². The second-order valence-electron chi connectivity index (χ2n) is 5.10. The molecular formula is C14H19FN2O. The summed E-state index contributed by atoms with van der Waals surface area (Å²) >= 11 is 0. The monoisotopic (exact) mass is 250 g/mol. The van der Waals surface area contributed by atoms with Crippen molar-refractivity contribution in [2.24, 2.45) is 5.73 Å². The average Bonchev–Trinajstić information content (AvgIpc) is 2.32. The number of carbonyl (C=O) groups is 1. The second kappa shape index (κ2) is 5.06. The molecule has 0 bridgehead atoms. The van der Waals surface area contributed by atoms with Crippen molar-refractivity contribution in [3.63, 3.8) is 0 Å². The van der Waals surface area contributed by atoms with Crippen LogP contribution in [0.25, 0.3) is 0 Å². The highest BCUT2D eigenvalue weighted by Gasteiger charge is 2.27. The number of carbonyl (C=O) groups excluding carboxylic acids is 1. The van der Waals surface area contributed by atoms with Crippen LogP contribution in [-0.4, -0.2) is 29.4 Å². The van der Waals surface area contributed by atoms with Gasteiger partial charge in [0, 0.05) is 24.2 Å². The first-order valence-corrected chi connectivity index (χ1v) is 6.31. The number of aryl methyl sites for hydroxylation is 1. The highest BCUT2D eigenvalue weighted by atomic mass is 19.1. The molecule has 1 amide bonds. The van der Waals surface area contributed by atoms with Gasteiger partial charge in [-0.1, -0.05) is 6.07 Å². The molecular weight excluding hydrogens is 231 g/mol. The van der Waals surface area contributed by atoms with Gasteiger partial charge in [0.15, 0.2) is 0 Å². The summed E-state index contributed by atoms with van der Waals surface area (Å²) in [5, 5.41) is 0. The van der Waals surface area contributed by atoms with Crippen LogP contribution in [0.15, 0.2) is 18.2 Å². The van der Waals surface area contributed by atoms with Gasteiger partial charge in [0.1, 0.15) is 5.82 Å². The molecule has 4 heteroatoms. The number of benzene rings is 1. The summed E-state index contributed by atoms with van der Waals surface area (Å²) in [5.74, 6) is -0.435. The third-order valence-electron chi connectivity index (χ3n) is 3.60. The van der Waals surface area contributed by atoms with Gasteiger partial charge in [-0.25, -0.2) is 4.39 Å². The predicted octanol–water partition coefficient (Wildman–Crippen LogP) is 2.09. The Kier molecular flexibility index (Phi) is 3.66. The zero-order valence-corrected chi connectivity index (χ0v) is 10.8. The summed E-state index contributed by atoms with van der Waals surface area (Å²) < 4.78 is 13.5. The van der Waals surface area contributed by atoms with Crippen molar-refractivity contribution in [3.05, 3.63) is 35.1 Å². The van der Waals surface area contributed by atoms with Crippen molar-refractivity contribution >= 4 is 5.91 Å². The standard InChI is InChI=1S/C14H19FN2O/c1-9-3-4-11(8-13(9)15)14(18)17-6-5-12(16)7-10(17)2/h3-4,8,10,12H,5-7,16H2,1-2H3. The number of nitrogens with two attached hydrogens (primary N) is 1. The van der Waals surface area contributed by atoms with Crippen LogP contribution in [0.3, 0.4) is 0 Å². The quantitative estimate of drug-likeness (QED) is 0.829. The number of amides is 1. The van der Waals surface area contributed by atoms with E-state index in [2.05, 4.69) is 0 Å². The molecule has 0 radical (unpaired) electrons. The fraction of sp³-hybridized carbons (Fsp3) is 0.500. The van der Waals surface area contributed by atoms with E-state index in [4.69, 9.17) is 5.73 Å². The van der Waals surface area contributed by atoms with E-state index >= 15 is 0 Å². The first-order chi connectivity index (χ1) is 8.49. The van der Waals surface area contributed by atoms with Gasteiger partial charge in [0.2, 0.25) is 0 Å². The van der Waals surface area contributed by atoms with Crippen LogP contribution < -0.4 is 5.73 Å². The molecule has 0 saturated carbocycles. The van der Waals surface area contributed by atoms with Gasteiger partial charge in [-0.05, 0) is 44.4 Å². The van der Waals surface area contributed by atoms with Crippen molar-refractivity contribution in [1.29, 1.82) is 0 Å². The highest BCUT2D eigenvalue weighted by molar-refractivity contribution is 5.94. The van der Waals surface area contributed by atoms with Gasteiger partial charge in [0.25, 0.3) is 5.91 Å². The summed E-state index contributed by atoms with van der Waals surface area (Å²) in [6.45, 7) is 4.32. The number of hydrogen-bond acceptors (Lipinski definition) is 2. The van der Waals surface area contributed by atoms with Crippen LogP contribution in [0.2, 0.25) is 0 Å². The third-order valence-corrected chi connectivity index (χ3v) is 3.60. The number of likely N-dealkylation sites (tertiary alicyclic amines) is 1. The molecule has 2 unspecified atom stereocenters. The largest absolute Gasteiger partial charge is 0.336 e. The lowest BCUT2D eigenvalue weighted by atomic mass is 9.98.